The number of carbonyl (C=O) groups is 1. The standard InChI is InChI=1S/C33H57NO4/c1-5-24-28-20-23(35)14-17-33(28,4)27-15-18-32(3)25(12-13-26(32)29(27)30(24)36)21(2)16-19-38-31(37)34-22-10-8-6-7-9-11-22/h21-30,35-36H,5-20H2,1-4H3,(H,34,37)/t21-,23-,24-,25-,26+,27+,28+,29+,30-,32-,33-/m1/s1. The number of nitrogens with one attached hydrogen (secondary N) is 1. The number of hydrogen-bond acceptors (Lipinski definition) is 4. The van der Waals surface area contributed by atoms with E-state index in [0.29, 0.717) is 48.0 Å². The molecule has 5 saturated carbocycles. The lowest BCUT2D eigenvalue weighted by molar-refractivity contribution is -0.203. The van der Waals surface area contributed by atoms with Gasteiger partial charge in [0.25, 0.3) is 0 Å². The summed E-state index contributed by atoms with van der Waals surface area (Å²) < 4.78 is 5.69. The molecule has 5 fully saturated rings. The van der Waals surface area contributed by atoms with E-state index in [1.54, 1.807) is 0 Å². The Hall–Kier alpha value is -0.810. The minimum atomic E-state index is -0.233. The highest BCUT2D eigenvalue weighted by atomic mass is 16.5. The van der Waals surface area contributed by atoms with Crippen molar-refractivity contribution >= 4 is 6.09 Å². The van der Waals surface area contributed by atoms with Gasteiger partial charge in [0.15, 0.2) is 0 Å². The van der Waals surface area contributed by atoms with Crippen LogP contribution in [-0.2, 0) is 4.74 Å². The molecule has 0 spiro atoms. The van der Waals surface area contributed by atoms with Gasteiger partial charge in [-0.25, -0.2) is 4.79 Å². The van der Waals surface area contributed by atoms with Crippen LogP contribution >= 0.6 is 0 Å². The number of rotatable bonds is 6. The molecular weight excluding hydrogens is 474 g/mol. The molecule has 0 aromatic heterocycles. The highest BCUT2D eigenvalue weighted by Crippen LogP contribution is 2.69. The second-order valence-electron chi connectivity index (χ2n) is 14.9. The zero-order valence-electron chi connectivity index (χ0n) is 24.8. The molecule has 0 bridgehead atoms. The van der Waals surface area contributed by atoms with E-state index in [1.165, 1.54) is 51.4 Å². The topological polar surface area (TPSA) is 78.8 Å². The maximum Gasteiger partial charge on any atom is 0.407 e. The van der Waals surface area contributed by atoms with Gasteiger partial charge >= 0.3 is 6.09 Å². The van der Waals surface area contributed by atoms with Gasteiger partial charge in [0.05, 0.1) is 18.8 Å². The Balaban J connectivity index is 1.21. The normalized spacial score (nSPS) is 46.3. The van der Waals surface area contributed by atoms with Gasteiger partial charge in [-0.3, -0.25) is 0 Å². The summed E-state index contributed by atoms with van der Waals surface area (Å²) in [6.07, 6.45) is 16.3. The van der Waals surface area contributed by atoms with Crippen molar-refractivity contribution in [3.63, 3.8) is 0 Å². The predicted molar refractivity (Wildman–Crippen MR) is 152 cm³/mol. The Kier molecular flexibility index (Phi) is 8.75. The fraction of sp³-hybridized carbons (Fsp3) is 0.970. The number of ether oxygens (including phenoxy) is 1. The smallest absolute Gasteiger partial charge is 0.407 e. The van der Waals surface area contributed by atoms with Crippen molar-refractivity contribution in [2.45, 2.75) is 142 Å². The van der Waals surface area contributed by atoms with Gasteiger partial charge in [-0.15, -0.1) is 0 Å². The van der Waals surface area contributed by atoms with Crippen LogP contribution in [0.3, 0.4) is 0 Å². The molecule has 0 heterocycles. The summed E-state index contributed by atoms with van der Waals surface area (Å²) in [7, 11) is 0. The zero-order valence-corrected chi connectivity index (χ0v) is 24.8. The SMILES string of the molecule is CC[C@H]1[C@@H](O)[C@@H]2[C@H](CC[C@]3(C)[C@@H]([C@H](C)CCOC(=O)NC4CCCCCC4)CC[C@@H]23)[C@@]2(C)CC[C@@H](O)C[C@@H]12. The first kappa shape index (κ1) is 28.7. The lowest BCUT2D eigenvalue weighted by Gasteiger charge is -2.64. The van der Waals surface area contributed by atoms with Crippen LogP contribution in [0.1, 0.15) is 124 Å². The van der Waals surface area contributed by atoms with Crippen LogP contribution in [-0.4, -0.2) is 41.2 Å². The minimum Gasteiger partial charge on any atom is -0.450 e. The fourth-order valence-electron chi connectivity index (χ4n) is 11.1. The molecule has 0 unspecified atom stereocenters. The molecule has 5 rings (SSSR count). The predicted octanol–water partition coefficient (Wildman–Crippen LogP) is 7.09. The molecule has 5 aliphatic carbocycles. The first-order chi connectivity index (χ1) is 18.2. The molecule has 218 valence electrons. The van der Waals surface area contributed by atoms with E-state index in [4.69, 9.17) is 4.74 Å². The summed E-state index contributed by atoms with van der Waals surface area (Å²) in [6, 6.07) is 0.287. The lowest BCUT2D eigenvalue weighted by Crippen LogP contribution is -2.62. The number of carbonyl (C=O) groups excluding carboxylic acids is 1. The van der Waals surface area contributed by atoms with Crippen molar-refractivity contribution in [1.29, 1.82) is 0 Å². The van der Waals surface area contributed by atoms with Crippen molar-refractivity contribution in [1.82, 2.24) is 5.32 Å². The molecule has 5 heteroatoms. The molecule has 1 amide bonds. The number of fused-ring (bicyclic) bond motifs is 5. The van der Waals surface area contributed by atoms with Crippen molar-refractivity contribution < 1.29 is 19.7 Å². The number of hydrogen-bond donors (Lipinski definition) is 3. The molecular formula is C33H57NO4. The average Bonchev–Trinajstić information content (AvgIpc) is 3.04. The third-order valence-electron chi connectivity index (χ3n) is 13.1. The monoisotopic (exact) mass is 531 g/mol. The van der Waals surface area contributed by atoms with Gasteiger partial charge in [0.1, 0.15) is 0 Å². The highest BCUT2D eigenvalue weighted by molar-refractivity contribution is 5.67. The van der Waals surface area contributed by atoms with E-state index in [0.717, 1.165) is 44.9 Å². The summed E-state index contributed by atoms with van der Waals surface area (Å²) in [5.74, 6) is 3.48. The van der Waals surface area contributed by atoms with Crippen molar-refractivity contribution in [2.24, 2.45) is 52.3 Å². The van der Waals surface area contributed by atoms with Gasteiger partial charge in [0.2, 0.25) is 0 Å². The number of amides is 1. The molecule has 0 aromatic carbocycles. The number of aliphatic hydroxyl groups excluding tert-OH is 2. The average molecular weight is 532 g/mol. The van der Waals surface area contributed by atoms with Crippen LogP contribution in [0.25, 0.3) is 0 Å². The second kappa shape index (κ2) is 11.6. The van der Waals surface area contributed by atoms with Crippen LogP contribution < -0.4 is 5.32 Å². The Morgan fingerprint density at radius 1 is 0.921 bits per heavy atom. The maximum absolute atomic E-state index is 12.5. The van der Waals surface area contributed by atoms with Crippen LogP contribution in [0, 0.1) is 52.3 Å². The largest absolute Gasteiger partial charge is 0.450 e. The first-order valence-corrected chi connectivity index (χ1v) is 16.5. The molecule has 5 aliphatic rings. The summed E-state index contributed by atoms with van der Waals surface area (Å²) in [4.78, 5) is 12.5. The van der Waals surface area contributed by atoms with Crippen molar-refractivity contribution in [2.75, 3.05) is 6.61 Å². The van der Waals surface area contributed by atoms with E-state index in [-0.39, 0.29) is 35.2 Å². The summed E-state index contributed by atoms with van der Waals surface area (Å²) in [5, 5.41) is 25.6. The van der Waals surface area contributed by atoms with E-state index < -0.39 is 0 Å². The quantitative estimate of drug-likeness (QED) is 0.320. The van der Waals surface area contributed by atoms with Gasteiger partial charge in [0, 0.05) is 6.04 Å². The maximum atomic E-state index is 12.5. The number of alkyl carbamates (subject to hydrolysis) is 1. The molecule has 0 aliphatic heterocycles. The van der Waals surface area contributed by atoms with Crippen molar-refractivity contribution in [3.05, 3.63) is 0 Å². The van der Waals surface area contributed by atoms with Crippen LogP contribution in [0.2, 0.25) is 0 Å². The summed E-state index contributed by atoms with van der Waals surface area (Å²) in [5.41, 5.74) is 0.521. The van der Waals surface area contributed by atoms with Crippen LogP contribution in [0.4, 0.5) is 4.79 Å². The summed E-state index contributed by atoms with van der Waals surface area (Å²) >= 11 is 0. The highest BCUT2D eigenvalue weighted by Gasteiger charge is 2.64. The van der Waals surface area contributed by atoms with Crippen LogP contribution in [0.15, 0.2) is 0 Å². The third kappa shape index (κ3) is 5.17. The van der Waals surface area contributed by atoms with Gasteiger partial charge in [-0.2, -0.15) is 0 Å². The van der Waals surface area contributed by atoms with Gasteiger partial charge in [-0.1, -0.05) is 59.8 Å². The number of aliphatic hydroxyl groups is 2. The molecule has 5 nitrogen and oxygen atoms in total. The molecule has 0 radical (unpaired) electrons. The zero-order chi connectivity index (χ0) is 27.1. The minimum absolute atomic E-state index is 0.187. The van der Waals surface area contributed by atoms with E-state index in [1.807, 2.05) is 0 Å². The lowest BCUT2D eigenvalue weighted by atomic mass is 9.41. The van der Waals surface area contributed by atoms with E-state index in [2.05, 4.69) is 33.0 Å². The second-order valence-corrected chi connectivity index (χ2v) is 14.9. The van der Waals surface area contributed by atoms with Crippen LogP contribution in [0.5, 0.6) is 0 Å². The first-order valence-electron chi connectivity index (χ1n) is 16.5. The molecule has 11 atom stereocenters. The molecule has 0 aromatic rings. The van der Waals surface area contributed by atoms with Crippen molar-refractivity contribution in [3.8, 4) is 0 Å². The summed E-state index contributed by atoms with van der Waals surface area (Å²) in [6.45, 7) is 10.2. The Morgan fingerprint density at radius 2 is 1.61 bits per heavy atom. The molecule has 0 saturated heterocycles. The fourth-order valence-corrected chi connectivity index (χ4v) is 11.1. The Morgan fingerprint density at radius 3 is 2.32 bits per heavy atom. The van der Waals surface area contributed by atoms with Gasteiger partial charge in [-0.05, 0) is 116 Å². The van der Waals surface area contributed by atoms with Gasteiger partial charge < -0.3 is 20.3 Å². The third-order valence-corrected chi connectivity index (χ3v) is 13.1. The van der Waals surface area contributed by atoms with E-state index >= 15 is 0 Å². The van der Waals surface area contributed by atoms with E-state index in [9.17, 15) is 15.0 Å². The molecule has 3 N–H and O–H groups in total. The molecule has 38 heavy (non-hydrogen) atoms. The Labute approximate surface area is 232 Å². The Bertz CT molecular complexity index is 811.